The van der Waals surface area contributed by atoms with Gasteiger partial charge in [0.1, 0.15) is 0 Å². The highest BCUT2D eigenvalue weighted by atomic mass is 16.1. The van der Waals surface area contributed by atoms with E-state index in [0.29, 0.717) is 0 Å². The Kier molecular flexibility index (Phi) is 4.48. The summed E-state index contributed by atoms with van der Waals surface area (Å²) in [5.74, 6) is 0. The van der Waals surface area contributed by atoms with Gasteiger partial charge >= 0.3 is 0 Å². The Morgan fingerprint density at radius 3 is 2.14 bits per heavy atom. The second-order valence-corrected chi connectivity index (χ2v) is 6.42. The SMILES string of the molecule is CC(C)(N=C=O)c1ccccc1NC(C)(C)c1ccccc1. The number of isocyanates is 1. The Morgan fingerprint density at radius 2 is 1.50 bits per heavy atom. The van der Waals surface area contributed by atoms with Crippen LogP contribution in [-0.4, -0.2) is 6.08 Å². The summed E-state index contributed by atoms with van der Waals surface area (Å²) in [5.41, 5.74) is 2.29. The Morgan fingerprint density at radius 1 is 0.909 bits per heavy atom. The van der Waals surface area contributed by atoms with Gasteiger partial charge in [-0.15, -0.1) is 0 Å². The minimum absolute atomic E-state index is 0.238. The first-order valence-electron chi connectivity index (χ1n) is 7.39. The van der Waals surface area contributed by atoms with Crippen LogP contribution in [0.3, 0.4) is 0 Å². The molecule has 0 aliphatic heterocycles. The summed E-state index contributed by atoms with van der Waals surface area (Å²) in [5, 5.41) is 3.58. The third kappa shape index (κ3) is 3.44. The molecular weight excluding hydrogens is 272 g/mol. The molecule has 0 aromatic heterocycles. The maximum Gasteiger partial charge on any atom is 0.235 e. The van der Waals surface area contributed by atoms with E-state index in [4.69, 9.17) is 0 Å². The van der Waals surface area contributed by atoms with Gasteiger partial charge in [0.05, 0.1) is 11.1 Å². The molecule has 0 saturated carbocycles. The number of hydrogen-bond donors (Lipinski definition) is 1. The first-order chi connectivity index (χ1) is 10.4. The fourth-order valence-electron chi connectivity index (χ4n) is 2.56. The van der Waals surface area contributed by atoms with Crippen molar-refractivity contribution in [1.29, 1.82) is 0 Å². The van der Waals surface area contributed by atoms with Crippen LogP contribution in [0.15, 0.2) is 59.6 Å². The van der Waals surface area contributed by atoms with Crippen LogP contribution in [0.2, 0.25) is 0 Å². The number of carbonyl (C=O) groups excluding carboxylic acids is 1. The fraction of sp³-hybridized carbons (Fsp3) is 0.316. The molecule has 3 heteroatoms. The minimum Gasteiger partial charge on any atom is -0.376 e. The Bertz CT molecular complexity index is 684. The van der Waals surface area contributed by atoms with Crippen LogP contribution in [0.1, 0.15) is 38.8 Å². The van der Waals surface area contributed by atoms with Gasteiger partial charge in [0.25, 0.3) is 0 Å². The molecule has 0 fully saturated rings. The first kappa shape index (κ1) is 16.0. The molecule has 0 amide bonds. The summed E-state index contributed by atoms with van der Waals surface area (Å²) in [4.78, 5) is 14.6. The van der Waals surface area contributed by atoms with Gasteiger partial charge < -0.3 is 5.32 Å². The highest BCUT2D eigenvalue weighted by Crippen LogP contribution is 2.34. The molecule has 1 N–H and O–H groups in total. The molecule has 0 aliphatic rings. The zero-order valence-electron chi connectivity index (χ0n) is 13.6. The zero-order chi connectivity index (χ0) is 16.2. The van der Waals surface area contributed by atoms with E-state index in [9.17, 15) is 4.79 Å². The summed E-state index contributed by atoms with van der Waals surface area (Å²) in [6.07, 6.45) is 1.68. The molecule has 0 unspecified atom stereocenters. The normalized spacial score (nSPS) is 11.6. The third-order valence-corrected chi connectivity index (χ3v) is 3.85. The van der Waals surface area contributed by atoms with E-state index in [0.717, 1.165) is 11.3 Å². The Labute approximate surface area is 132 Å². The maximum atomic E-state index is 10.7. The van der Waals surface area contributed by atoms with E-state index < -0.39 is 5.54 Å². The third-order valence-electron chi connectivity index (χ3n) is 3.85. The lowest BCUT2D eigenvalue weighted by Gasteiger charge is -2.31. The minimum atomic E-state index is -0.613. The zero-order valence-corrected chi connectivity index (χ0v) is 13.6. The second kappa shape index (κ2) is 6.17. The van der Waals surface area contributed by atoms with Gasteiger partial charge in [-0.1, -0.05) is 48.5 Å². The molecule has 0 saturated heterocycles. The van der Waals surface area contributed by atoms with Crippen molar-refractivity contribution in [2.75, 3.05) is 5.32 Å². The number of aliphatic imine (C=N–C) groups is 1. The second-order valence-electron chi connectivity index (χ2n) is 6.42. The van der Waals surface area contributed by atoms with Gasteiger partial charge in [-0.3, -0.25) is 0 Å². The summed E-state index contributed by atoms with van der Waals surface area (Å²) in [6, 6.07) is 18.2. The van der Waals surface area contributed by atoms with Crippen LogP contribution in [0, 0.1) is 0 Å². The summed E-state index contributed by atoms with van der Waals surface area (Å²) in [7, 11) is 0. The van der Waals surface area contributed by atoms with Crippen molar-refractivity contribution >= 4 is 11.8 Å². The van der Waals surface area contributed by atoms with E-state index in [2.05, 4.69) is 36.3 Å². The molecule has 0 bridgehead atoms. The number of nitrogens with one attached hydrogen (secondary N) is 1. The molecular formula is C19H22N2O. The number of para-hydroxylation sites is 1. The van der Waals surface area contributed by atoms with E-state index in [1.807, 2.05) is 56.3 Å². The lowest BCUT2D eigenvalue weighted by Crippen LogP contribution is -2.29. The van der Waals surface area contributed by atoms with Gasteiger partial charge in [-0.2, -0.15) is 4.99 Å². The van der Waals surface area contributed by atoms with Gasteiger partial charge in [0.15, 0.2) is 0 Å². The van der Waals surface area contributed by atoms with Crippen LogP contribution in [0.25, 0.3) is 0 Å². The van der Waals surface area contributed by atoms with Crippen LogP contribution in [-0.2, 0) is 15.9 Å². The maximum absolute atomic E-state index is 10.7. The molecule has 0 radical (unpaired) electrons. The number of anilines is 1. The molecule has 0 aliphatic carbocycles. The summed E-state index contributed by atoms with van der Waals surface area (Å²) < 4.78 is 0. The fourth-order valence-corrected chi connectivity index (χ4v) is 2.56. The van der Waals surface area contributed by atoms with Crippen molar-refractivity contribution in [3.05, 3.63) is 65.7 Å². The highest BCUT2D eigenvalue weighted by Gasteiger charge is 2.26. The van der Waals surface area contributed by atoms with Crippen molar-refractivity contribution in [1.82, 2.24) is 0 Å². The lowest BCUT2D eigenvalue weighted by atomic mass is 9.90. The summed E-state index contributed by atoms with van der Waals surface area (Å²) in [6.45, 7) is 8.09. The topological polar surface area (TPSA) is 41.5 Å². The van der Waals surface area contributed by atoms with Crippen LogP contribution < -0.4 is 5.32 Å². The number of rotatable bonds is 5. The number of hydrogen-bond acceptors (Lipinski definition) is 3. The van der Waals surface area contributed by atoms with Gasteiger partial charge in [0, 0.05) is 11.3 Å². The largest absolute Gasteiger partial charge is 0.376 e. The smallest absolute Gasteiger partial charge is 0.235 e. The standard InChI is InChI=1S/C19H22N2O/c1-18(2,15-10-6-5-7-11-15)21-17-13-9-8-12-16(17)19(3,4)20-14-22/h5-13,21H,1-4H3. The molecule has 114 valence electrons. The average Bonchev–Trinajstić information content (AvgIpc) is 2.48. The molecule has 0 spiro atoms. The highest BCUT2D eigenvalue weighted by molar-refractivity contribution is 5.57. The predicted molar refractivity (Wildman–Crippen MR) is 90.7 cm³/mol. The molecule has 3 nitrogen and oxygen atoms in total. The Hall–Kier alpha value is -2.38. The number of benzene rings is 2. The molecule has 0 atom stereocenters. The molecule has 22 heavy (non-hydrogen) atoms. The van der Waals surface area contributed by atoms with Crippen molar-refractivity contribution in [2.45, 2.75) is 38.8 Å². The van der Waals surface area contributed by atoms with Crippen LogP contribution in [0.4, 0.5) is 5.69 Å². The van der Waals surface area contributed by atoms with E-state index in [-0.39, 0.29) is 5.54 Å². The van der Waals surface area contributed by atoms with E-state index in [1.54, 1.807) is 6.08 Å². The van der Waals surface area contributed by atoms with Crippen LogP contribution in [0.5, 0.6) is 0 Å². The van der Waals surface area contributed by atoms with E-state index >= 15 is 0 Å². The van der Waals surface area contributed by atoms with Crippen molar-refractivity contribution in [2.24, 2.45) is 4.99 Å². The lowest BCUT2D eigenvalue weighted by molar-refractivity contribution is 0.521. The molecule has 2 rings (SSSR count). The Balaban J connectivity index is 2.41. The van der Waals surface area contributed by atoms with E-state index in [1.165, 1.54) is 5.56 Å². The molecule has 2 aromatic carbocycles. The molecule has 2 aromatic rings. The number of nitrogens with zero attached hydrogens (tertiary/aromatic N) is 1. The average molecular weight is 294 g/mol. The molecule has 0 heterocycles. The van der Waals surface area contributed by atoms with Crippen LogP contribution >= 0.6 is 0 Å². The van der Waals surface area contributed by atoms with Gasteiger partial charge in [-0.25, -0.2) is 4.79 Å². The first-order valence-corrected chi connectivity index (χ1v) is 7.39. The van der Waals surface area contributed by atoms with Crippen molar-refractivity contribution in [3.63, 3.8) is 0 Å². The van der Waals surface area contributed by atoms with Crippen molar-refractivity contribution in [3.8, 4) is 0 Å². The predicted octanol–water partition coefficient (Wildman–Crippen LogP) is 4.60. The van der Waals surface area contributed by atoms with Gasteiger partial charge in [0.2, 0.25) is 6.08 Å². The summed E-state index contributed by atoms with van der Waals surface area (Å²) >= 11 is 0. The quantitative estimate of drug-likeness (QED) is 0.646. The van der Waals surface area contributed by atoms with Crippen molar-refractivity contribution < 1.29 is 4.79 Å². The monoisotopic (exact) mass is 294 g/mol. The van der Waals surface area contributed by atoms with Gasteiger partial charge in [-0.05, 0) is 39.3 Å².